The Balaban J connectivity index is 1.59. The molecule has 2 aromatic rings. The molecular weight excluding hydrogens is 301 g/mol. The lowest BCUT2D eigenvalue weighted by Gasteiger charge is -2.13. The van der Waals surface area contributed by atoms with E-state index in [0.717, 1.165) is 0 Å². The van der Waals surface area contributed by atoms with E-state index in [4.69, 9.17) is 4.74 Å². The number of ether oxygens (including phenoxy) is 1. The van der Waals surface area contributed by atoms with Gasteiger partial charge < -0.3 is 10.1 Å². The first-order valence-corrected chi connectivity index (χ1v) is 7.05. The molecule has 1 N–H and O–H groups in total. The van der Waals surface area contributed by atoms with E-state index in [-0.39, 0.29) is 19.0 Å². The fraction of sp³-hybridized carbons (Fsp3) is 0.188. The molecular formula is C16H14FN3O3. The van der Waals surface area contributed by atoms with Gasteiger partial charge >= 0.3 is 6.09 Å². The summed E-state index contributed by atoms with van der Waals surface area (Å²) in [6, 6.07) is 9.02. The van der Waals surface area contributed by atoms with Crippen LogP contribution in [0.4, 0.5) is 14.9 Å². The number of hydrogen-bond acceptors (Lipinski definition) is 4. The number of halogens is 1. The minimum Gasteiger partial charge on any atom is -0.442 e. The van der Waals surface area contributed by atoms with E-state index in [1.165, 1.54) is 29.3 Å². The third kappa shape index (κ3) is 3.45. The average molecular weight is 315 g/mol. The van der Waals surface area contributed by atoms with Crippen molar-refractivity contribution < 1.29 is 18.7 Å². The highest BCUT2D eigenvalue weighted by Crippen LogP contribution is 2.22. The standard InChI is InChI=1S/C16H14FN3O3/c17-12-4-1-5-13(7-12)20-10-14(23-16(20)22)9-19-15(21)11-3-2-6-18-8-11/h1-8,14H,9-10H2,(H,19,21). The molecule has 0 radical (unpaired) electrons. The van der Waals surface area contributed by atoms with Gasteiger partial charge in [0.25, 0.3) is 5.91 Å². The highest BCUT2D eigenvalue weighted by molar-refractivity contribution is 5.94. The van der Waals surface area contributed by atoms with Crippen LogP contribution in [0.1, 0.15) is 10.4 Å². The summed E-state index contributed by atoms with van der Waals surface area (Å²) < 4.78 is 18.4. The van der Waals surface area contributed by atoms with Gasteiger partial charge in [-0.3, -0.25) is 14.7 Å². The zero-order valence-corrected chi connectivity index (χ0v) is 12.1. The van der Waals surface area contributed by atoms with Crippen molar-refractivity contribution in [2.24, 2.45) is 0 Å². The lowest BCUT2D eigenvalue weighted by atomic mass is 10.2. The number of anilines is 1. The van der Waals surface area contributed by atoms with Gasteiger partial charge in [-0.25, -0.2) is 9.18 Å². The van der Waals surface area contributed by atoms with Gasteiger partial charge in [0.2, 0.25) is 0 Å². The van der Waals surface area contributed by atoms with E-state index in [0.29, 0.717) is 11.3 Å². The van der Waals surface area contributed by atoms with Crippen LogP contribution in [0.2, 0.25) is 0 Å². The molecule has 1 saturated heterocycles. The molecule has 1 unspecified atom stereocenters. The summed E-state index contributed by atoms with van der Waals surface area (Å²) in [4.78, 5) is 29.0. The normalized spacial score (nSPS) is 17.0. The molecule has 0 saturated carbocycles. The van der Waals surface area contributed by atoms with Crippen molar-refractivity contribution in [3.05, 3.63) is 60.2 Å². The number of cyclic esters (lactones) is 1. The second-order valence-electron chi connectivity index (χ2n) is 5.05. The predicted octanol–water partition coefficient (Wildman–Crippen LogP) is 1.98. The first-order chi connectivity index (χ1) is 11.1. The summed E-state index contributed by atoms with van der Waals surface area (Å²) in [6.45, 7) is 0.418. The summed E-state index contributed by atoms with van der Waals surface area (Å²) in [7, 11) is 0. The molecule has 1 atom stereocenters. The summed E-state index contributed by atoms with van der Waals surface area (Å²) >= 11 is 0. The quantitative estimate of drug-likeness (QED) is 0.936. The molecule has 3 rings (SSSR count). The minimum absolute atomic E-state index is 0.172. The Hall–Kier alpha value is -2.96. The van der Waals surface area contributed by atoms with Crippen molar-refractivity contribution >= 4 is 17.7 Å². The van der Waals surface area contributed by atoms with Crippen molar-refractivity contribution in [1.29, 1.82) is 0 Å². The van der Waals surface area contributed by atoms with Crippen LogP contribution in [0.5, 0.6) is 0 Å². The Morgan fingerprint density at radius 1 is 1.39 bits per heavy atom. The predicted molar refractivity (Wildman–Crippen MR) is 80.6 cm³/mol. The van der Waals surface area contributed by atoms with Crippen LogP contribution in [0.15, 0.2) is 48.8 Å². The minimum atomic E-state index is -0.559. The Morgan fingerprint density at radius 2 is 2.26 bits per heavy atom. The molecule has 2 amide bonds. The molecule has 0 aliphatic carbocycles. The van der Waals surface area contributed by atoms with Gasteiger partial charge in [-0.15, -0.1) is 0 Å². The highest BCUT2D eigenvalue weighted by Gasteiger charge is 2.32. The van der Waals surface area contributed by atoms with Gasteiger partial charge in [0.05, 0.1) is 24.3 Å². The Morgan fingerprint density at radius 3 is 3.00 bits per heavy atom. The van der Waals surface area contributed by atoms with Crippen LogP contribution in [0.3, 0.4) is 0 Å². The zero-order chi connectivity index (χ0) is 16.2. The number of hydrogen-bond donors (Lipinski definition) is 1. The molecule has 1 aliphatic heterocycles. The number of nitrogens with zero attached hydrogens (tertiary/aromatic N) is 2. The second kappa shape index (κ2) is 6.43. The number of nitrogens with one attached hydrogen (secondary N) is 1. The second-order valence-corrected chi connectivity index (χ2v) is 5.05. The largest absolute Gasteiger partial charge is 0.442 e. The van der Waals surface area contributed by atoms with Crippen LogP contribution in [-0.4, -0.2) is 36.2 Å². The molecule has 1 aliphatic rings. The summed E-state index contributed by atoms with van der Waals surface area (Å²) in [5, 5.41) is 2.69. The number of carbonyl (C=O) groups is 2. The lowest BCUT2D eigenvalue weighted by molar-refractivity contribution is 0.0915. The van der Waals surface area contributed by atoms with E-state index in [2.05, 4.69) is 10.3 Å². The Labute approximate surface area is 131 Å². The van der Waals surface area contributed by atoms with Crippen LogP contribution in [0, 0.1) is 5.82 Å². The van der Waals surface area contributed by atoms with Crippen molar-refractivity contribution in [3.8, 4) is 0 Å². The number of amides is 2. The van der Waals surface area contributed by atoms with E-state index >= 15 is 0 Å². The van der Waals surface area contributed by atoms with Crippen LogP contribution in [-0.2, 0) is 4.74 Å². The number of aromatic nitrogens is 1. The molecule has 0 spiro atoms. The van der Waals surface area contributed by atoms with E-state index in [1.54, 1.807) is 24.4 Å². The summed E-state index contributed by atoms with van der Waals surface area (Å²) in [5.41, 5.74) is 0.856. The molecule has 6 nitrogen and oxygen atoms in total. The monoisotopic (exact) mass is 315 g/mol. The highest BCUT2D eigenvalue weighted by atomic mass is 19.1. The van der Waals surface area contributed by atoms with Crippen molar-refractivity contribution in [1.82, 2.24) is 10.3 Å². The molecule has 7 heteroatoms. The van der Waals surface area contributed by atoms with Crippen LogP contribution in [0.25, 0.3) is 0 Å². The lowest BCUT2D eigenvalue weighted by Crippen LogP contribution is -2.34. The van der Waals surface area contributed by atoms with Crippen LogP contribution >= 0.6 is 0 Å². The summed E-state index contributed by atoms with van der Waals surface area (Å²) in [6.07, 6.45) is 1.98. The van der Waals surface area contributed by atoms with Crippen LogP contribution < -0.4 is 10.2 Å². The first kappa shape index (κ1) is 15.0. The van der Waals surface area contributed by atoms with Gasteiger partial charge in [0, 0.05) is 12.4 Å². The van der Waals surface area contributed by atoms with Crippen molar-refractivity contribution in [2.75, 3.05) is 18.0 Å². The number of benzene rings is 1. The van der Waals surface area contributed by atoms with E-state index < -0.39 is 18.0 Å². The summed E-state index contributed by atoms with van der Waals surface area (Å²) in [5.74, 6) is -0.720. The zero-order valence-electron chi connectivity index (χ0n) is 12.1. The van der Waals surface area contributed by atoms with Crippen molar-refractivity contribution in [3.63, 3.8) is 0 Å². The van der Waals surface area contributed by atoms with Gasteiger partial charge in [-0.2, -0.15) is 0 Å². The maximum atomic E-state index is 13.2. The Kier molecular flexibility index (Phi) is 4.18. The molecule has 1 aromatic heterocycles. The van der Waals surface area contributed by atoms with E-state index in [9.17, 15) is 14.0 Å². The van der Waals surface area contributed by atoms with Gasteiger partial charge in [-0.05, 0) is 30.3 Å². The first-order valence-electron chi connectivity index (χ1n) is 7.05. The van der Waals surface area contributed by atoms with Gasteiger partial charge in [0.1, 0.15) is 11.9 Å². The Bertz CT molecular complexity index is 724. The van der Waals surface area contributed by atoms with E-state index in [1.807, 2.05) is 0 Å². The average Bonchev–Trinajstić information content (AvgIpc) is 2.94. The van der Waals surface area contributed by atoms with Gasteiger partial charge in [0.15, 0.2) is 0 Å². The fourth-order valence-corrected chi connectivity index (χ4v) is 2.29. The van der Waals surface area contributed by atoms with Gasteiger partial charge in [-0.1, -0.05) is 6.07 Å². The molecule has 1 aromatic carbocycles. The molecule has 1 fully saturated rings. The SMILES string of the molecule is O=C(NCC1CN(c2cccc(F)c2)C(=O)O1)c1cccnc1. The molecule has 118 valence electrons. The third-order valence-electron chi connectivity index (χ3n) is 3.41. The molecule has 2 heterocycles. The maximum absolute atomic E-state index is 13.2. The molecule has 0 bridgehead atoms. The number of rotatable bonds is 4. The fourth-order valence-electron chi connectivity index (χ4n) is 2.29. The third-order valence-corrected chi connectivity index (χ3v) is 3.41. The smallest absolute Gasteiger partial charge is 0.414 e. The number of carbonyl (C=O) groups excluding carboxylic acids is 2. The topological polar surface area (TPSA) is 71.5 Å². The maximum Gasteiger partial charge on any atom is 0.414 e. The number of pyridine rings is 1. The van der Waals surface area contributed by atoms with Crippen molar-refractivity contribution in [2.45, 2.75) is 6.10 Å². The molecule has 23 heavy (non-hydrogen) atoms.